The average molecular weight is 289 g/mol. The van der Waals surface area contributed by atoms with Crippen molar-refractivity contribution in [3.8, 4) is 5.75 Å². The van der Waals surface area contributed by atoms with Crippen LogP contribution >= 0.6 is 0 Å². The Bertz CT molecular complexity index is 539. The van der Waals surface area contributed by atoms with Crippen LogP contribution in [0.15, 0.2) is 18.2 Å². The number of carbonyl (C=O) groups is 1. The zero-order valence-corrected chi connectivity index (χ0v) is 12.8. The van der Waals surface area contributed by atoms with Crippen LogP contribution in [0, 0.1) is 5.92 Å². The molecule has 0 heterocycles. The largest absolute Gasteiger partial charge is 0.497 e. The summed E-state index contributed by atoms with van der Waals surface area (Å²) in [7, 11) is 3.14. The van der Waals surface area contributed by atoms with Crippen molar-refractivity contribution in [2.24, 2.45) is 5.92 Å². The van der Waals surface area contributed by atoms with Gasteiger partial charge in [0.15, 0.2) is 0 Å². The Kier molecular flexibility index (Phi) is 3.89. The van der Waals surface area contributed by atoms with E-state index in [0.29, 0.717) is 0 Å². The molecule has 1 N–H and O–H groups in total. The van der Waals surface area contributed by atoms with E-state index < -0.39 is 5.54 Å². The number of carbonyl (C=O) groups excluding carboxylic acids is 1. The van der Waals surface area contributed by atoms with E-state index >= 15 is 0 Å². The van der Waals surface area contributed by atoms with Gasteiger partial charge in [0.2, 0.25) is 0 Å². The normalized spacial score (nSPS) is 24.3. The highest BCUT2D eigenvalue weighted by molar-refractivity contribution is 5.83. The standard InChI is InChI=1S/C17H23NO3/c1-20-14-7-8-15-13(10-14)4-3-9-17(15,16(19)21-2)18-11-12-5-6-12/h7-8,10,12,18H,3-6,9,11H2,1-2H3. The van der Waals surface area contributed by atoms with E-state index in [1.807, 2.05) is 18.2 Å². The van der Waals surface area contributed by atoms with E-state index in [1.54, 1.807) is 7.11 Å². The first-order chi connectivity index (χ1) is 10.2. The smallest absolute Gasteiger partial charge is 0.330 e. The third kappa shape index (κ3) is 2.64. The van der Waals surface area contributed by atoms with Gasteiger partial charge in [-0.15, -0.1) is 0 Å². The van der Waals surface area contributed by atoms with E-state index in [-0.39, 0.29) is 5.97 Å². The third-order valence-corrected chi connectivity index (χ3v) is 4.69. The monoisotopic (exact) mass is 289 g/mol. The van der Waals surface area contributed by atoms with Gasteiger partial charge in [-0.05, 0) is 67.8 Å². The molecule has 21 heavy (non-hydrogen) atoms. The topological polar surface area (TPSA) is 47.6 Å². The second kappa shape index (κ2) is 5.68. The van der Waals surface area contributed by atoms with Gasteiger partial charge in [-0.1, -0.05) is 6.07 Å². The lowest BCUT2D eigenvalue weighted by Gasteiger charge is -2.37. The number of esters is 1. The van der Waals surface area contributed by atoms with Crippen LogP contribution in [0.3, 0.4) is 0 Å². The van der Waals surface area contributed by atoms with E-state index in [9.17, 15) is 4.79 Å². The molecule has 114 valence electrons. The predicted octanol–water partition coefficient (Wildman–Crippen LogP) is 2.40. The van der Waals surface area contributed by atoms with Gasteiger partial charge in [-0.2, -0.15) is 0 Å². The highest BCUT2D eigenvalue weighted by Gasteiger charge is 2.45. The Hall–Kier alpha value is -1.55. The highest BCUT2D eigenvalue weighted by Crippen LogP contribution is 2.39. The fourth-order valence-corrected chi connectivity index (χ4v) is 3.28. The molecule has 1 unspecified atom stereocenters. The van der Waals surface area contributed by atoms with Crippen LogP contribution in [0.4, 0.5) is 0 Å². The van der Waals surface area contributed by atoms with Crippen LogP contribution in [0.1, 0.15) is 36.8 Å². The first kappa shape index (κ1) is 14.4. The highest BCUT2D eigenvalue weighted by atomic mass is 16.5. The number of aryl methyl sites for hydroxylation is 1. The van der Waals surface area contributed by atoms with Crippen LogP contribution in [-0.4, -0.2) is 26.7 Å². The Morgan fingerprint density at radius 2 is 2.19 bits per heavy atom. The molecule has 4 nitrogen and oxygen atoms in total. The summed E-state index contributed by atoms with van der Waals surface area (Å²) in [6.07, 6.45) is 5.29. The van der Waals surface area contributed by atoms with Gasteiger partial charge in [-0.3, -0.25) is 5.32 Å². The number of methoxy groups -OCH3 is 2. The molecule has 4 heteroatoms. The number of rotatable bonds is 5. The molecule has 2 aliphatic rings. The summed E-state index contributed by atoms with van der Waals surface area (Å²) in [6.45, 7) is 0.889. The van der Waals surface area contributed by atoms with Crippen molar-refractivity contribution in [3.63, 3.8) is 0 Å². The Morgan fingerprint density at radius 1 is 1.38 bits per heavy atom. The number of ether oxygens (including phenoxy) is 2. The van der Waals surface area contributed by atoms with Crippen molar-refractivity contribution in [1.82, 2.24) is 5.32 Å². The number of nitrogens with one attached hydrogen (secondary N) is 1. The van der Waals surface area contributed by atoms with Crippen LogP contribution in [0.25, 0.3) is 0 Å². The summed E-state index contributed by atoms with van der Waals surface area (Å²) in [6, 6.07) is 6.00. The van der Waals surface area contributed by atoms with Crippen molar-refractivity contribution in [2.45, 2.75) is 37.6 Å². The summed E-state index contributed by atoms with van der Waals surface area (Å²) >= 11 is 0. The summed E-state index contributed by atoms with van der Waals surface area (Å²) in [5.74, 6) is 1.39. The Labute approximate surface area is 125 Å². The maximum atomic E-state index is 12.5. The first-order valence-corrected chi connectivity index (χ1v) is 7.70. The Morgan fingerprint density at radius 3 is 2.86 bits per heavy atom. The molecule has 1 aromatic carbocycles. The summed E-state index contributed by atoms with van der Waals surface area (Å²) < 4.78 is 10.4. The summed E-state index contributed by atoms with van der Waals surface area (Å²) in [5, 5.41) is 3.53. The SMILES string of the molecule is COC(=O)C1(NCC2CC2)CCCc2cc(OC)ccc21. The van der Waals surface area contributed by atoms with Gasteiger partial charge < -0.3 is 9.47 Å². The molecule has 2 aliphatic carbocycles. The number of benzene rings is 1. The van der Waals surface area contributed by atoms with Gasteiger partial charge in [-0.25, -0.2) is 4.79 Å². The number of hydrogen-bond acceptors (Lipinski definition) is 4. The molecule has 1 saturated carbocycles. The molecule has 0 saturated heterocycles. The molecule has 1 fully saturated rings. The van der Waals surface area contributed by atoms with Crippen molar-refractivity contribution in [2.75, 3.05) is 20.8 Å². The van der Waals surface area contributed by atoms with Gasteiger partial charge in [0.1, 0.15) is 11.3 Å². The van der Waals surface area contributed by atoms with Gasteiger partial charge in [0.05, 0.1) is 14.2 Å². The molecule has 0 radical (unpaired) electrons. The van der Waals surface area contributed by atoms with E-state index in [0.717, 1.165) is 43.0 Å². The van der Waals surface area contributed by atoms with Crippen LogP contribution in [-0.2, 0) is 21.5 Å². The van der Waals surface area contributed by atoms with E-state index in [2.05, 4.69) is 5.32 Å². The van der Waals surface area contributed by atoms with Gasteiger partial charge in [0, 0.05) is 0 Å². The molecule has 0 spiro atoms. The second-order valence-electron chi connectivity index (χ2n) is 6.10. The molecule has 0 bridgehead atoms. The minimum atomic E-state index is -0.683. The fourth-order valence-electron chi connectivity index (χ4n) is 3.28. The first-order valence-electron chi connectivity index (χ1n) is 7.70. The Balaban J connectivity index is 1.97. The fraction of sp³-hybridized carbons (Fsp3) is 0.588. The summed E-state index contributed by atoms with van der Waals surface area (Å²) in [5.41, 5.74) is 1.56. The minimum absolute atomic E-state index is 0.172. The maximum absolute atomic E-state index is 12.5. The molecule has 1 aromatic rings. The minimum Gasteiger partial charge on any atom is -0.497 e. The van der Waals surface area contributed by atoms with Crippen LogP contribution in [0.2, 0.25) is 0 Å². The lowest BCUT2D eigenvalue weighted by Crippen LogP contribution is -2.52. The number of fused-ring (bicyclic) bond motifs is 1. The zero-order chi connectivity index (χ0) is 14.9. The van der Waals surface area contributed by atoms with Crippen LogP contribution in [0.5, 0.6) is 5.75 Å². The van der Waals surface area contributed by atoms with Crippen molar-refractivity contribution < 1.29 is 14.3 Å². The molecule has 0 amide bonds. The molecular weight excluding hydrogens is 266 g/mol. The zero-order valence-electron chi connectivity index (χ0n) is 12.8. The summed E-state index contributed by atoms with van der Waals surface area (Å²) in [4.78, 5) is 12.5. The quantitative estimate of drug-likeness (QED) is 0.846. The van der Waals surface area contributed by atoms with E-state index in [1.165, 1.54) is 25.5 Å². The van der Waals surface area contributed by atoms with Crippen LogP contribution < -0.4 is 10.1 Å². The lowest BCUT2D eigenvalue weighted by molar-refractivity contribution is -0.150. The lowest BCUT2D eigenvalue weighted by atomic mass is 9.76. The third-order valence-electron chi connectivity index (χ3n) is 4.69. The number of hydrogen-bond donors (Lipinski definition) is 1. The average Bonchev–Trinajstić information content (AvgIpc) is 3.35. The van der Waals surface area contributed by atoms with Crippen molar-refractivity contribution in [3.05, 3.63) is 29.3 Å². The molecule has 0 aromatic heterocycles. The molecular formula is C17H23NO3. The van der Waals surface area contributed by atoms with E-state index in [4.69, 9.17) is 9.47 Å². The molecule has 3 rings (SSSR count). The van der Waals surface area contributed by atoms with Crippen molar-refractivity contribution >= 4 is 5.97 Å². The second-order valence-corrected chi connectivity index (χ2v) is 6.10. The predicted molar refractivity (Wildman–Crippen MR) is 80.4 cm³/mol. The maximum Gasteiger partial charge on any atom is 0.330 e. The van der Waals surface area contributed by atoms with Crippen molar-refractivity contribution in [1.29, 1.82) is 0 Å². The molecule has 0 aliphatic heterocycles. The molecule has 1 atom stereocenters. The van der Waals surface area contributed by atoms with Gasteiger partial charge >= 0.3 is 5.97 Å². The van der Waals surface area contributed by atoms with Gasteiger partial charge in [0.25, 0.3) is 0 Å².